The maximum atomic E-state index is 4.49. The highest BCUT2D eigenvalue weighted by molar-refractivity contribution is 9.10. The van der Waals surface area contributed by atoms with Gasteiger partial charge in [0.1, 0.15) is 0 Å². The molecule has 3 rings (SSSR count). The minimum Gasteiger partial charge on any atom is -0.313 e. The largest absolute Gasteiger partial charge is 0.313 e. The van der Waals surface area contributed by atoms with Gasteiger partial charge in [-0.25, -0.2) is 0 Å². The lowest BCUT2D eigenvalue weighted by Crippen LogP contribution is -2.19. The average Bonchev–Trinajstić information content (AvgIpc) is 2.89. The Hall–Kier alpha value is -1.30. The lowest BCUT2D eigenvalue weighted by molar-refractivity contribution is 0.599. The summed E-state index contributed by atoms with van der Waals surface area (Å²) in [5, 5.41) is 5.50. The highest BCUT2D eigenvalue weighted by atomic mass is 79.9. The molecule has 20 heavy (non-hydrogen) atoms. The predicted molar refractivity (Wildman–Crippen MR) is 87.1 cm³/mol. The number of hydrogen-bond donors (Lipinski definition) is 1. The maximum Gasteiger partial charge on any atom is 0.0934 e. The number of benzene rings is 1. The van der Waals surface area contributed by atoms with Gasteiger partial charge in [-0.1, -0.05) is 12.1 Å². The van der Waals surface area contributed by atoms with E-state index < -0.39 is 0 Å². The molecule has 5 heteroatoms. The van der Waals surface area contributed by atoms with E-state index in [1.165, 1.54) is 14.9 Å². The van der Waals surface area contributed by atoms with Crippen LogP contribution in [-0.2, 0) is 6.42 Å². The Kier molecular flexibility index (Phi) is 4.10. The van der Waals surface area contributed by atoms with Crippen molar-refractivity contribution in [2.45, 2.75) is 12.5 Å². The van der Waals surface area contributed by atoms with Gasteiger partial charge in [-0.2, -0.15) is 0 Å². The minimum atomic E-state index is 0.227. The maximum absolute atomic E-state index is 4.49. The zero-order valence-electron chi connectivity index (χ0n) is 11.0. The first-order valence-electron chi connectivity index (χ1n) is 6.38. The molecule has 0 aliphatic heterocycles. The number of likely N-dealkylation sites (N-methyl/N-ethyl adjacent to an activating group) is 1. The second-order valence-corrected chi connectivity index (χ2v) is 6.36. The van der Waals surface area contributed by atoms with Crippen LogP contribution in [0.25, 0.3) is 11.0 Å². The zero-order valence-corrected chi connectivity index (χ0v) is 13.4. The van der Waals surface area contributed by atoms with Crippen LogP contribution in [0.4, 0.5) is 0 Å². The Morgan fingerprint density at radius 2 is 2.10 bits per heavy atom. The topological polar surface area (TPSA) is 37.8 Å². The van der Waals surface area contributed by atoms with Gasteiger partial charge in [-0.05, 0) is 46.1 Å². The van der Waals surface area contributed by atoms with Crippen LogP contribution >= 0.6 is 27.3 Å². The first-order valence-corrected chi connectivity index (χ1v) is 8.05. The van der Waals surface area contributed by atoms with Crippen molar-refractivity contribution in [3.05, 3.63) is 57.0 Å². The molecule has 0 saturated carbocycles. The quantitative estimate of drug-likeness (QED) is 0.776. The van der Waals surface area contributed by atoms with Crippen molar-refractivity contribution in [3.8, 4) is 0 Å². The van der Waals surface area contributed by atoms with Crippen LogP contribution in [0.2, 0.25) is 0 Å². The molecule has 2 aromatic heterocycles. The number of nitrogens with one attached hydrogen (secondary N) is 1. The fraction of sp³-hybridized carbons (Fsp3) is 0.200. The first-order chi connectivity index (χ1) is 9.79. The van der Waals surface area contributed by atoms with E-state index in [-0.39, 0.29) is 6.04 Å². The average molecular weight is 348 g/mol. The van der Waals surface area contributed by atoms with Gasteiger partial charge in [-0.15, -0.1) is 11.3 Å². The zero-order chi connectivity index (χ0) is 13.9. The van der Waals surface area contributed by atoms with E-state index in [1.54, 1.807) is 23.7 Å². The molecule has 0 radical (unpaired) electrons. The molecule has 0 aliphatic rings. The van der Waals surface area contributed by atoms with Crippen molar-refractivity contribution in [3.63, 3.8) is 0 Å². The fourth-order valence-corrected chi connectivity index (χ4v) is 3.88. The molecule has 1 unspecified atom stereocenters. The SMILES string of the molecule is CNC(Cc1sccc1Br)c1cccc2nccnc12. The van der Waals surface area contributed by atoms with Gasteiger partial charge in [0, 0.05) is 34.2 Å². The Bertz CT molecular complexity index is 720. The molecule has 1 atom stereocenters. The number of fused-ring (bicyclic) bond motifs is 1. The van der Waals surface area contributed by atoms with Gasteiger partial charge in [0.25, 0.3) is 0 Å². The highest BCUT2D eigenvalue weighted by Gasteiger charge is 2.16. The summed E-state index contributed by atoms with van der Waals surface area (Å²) in [5.74, 6) is 0. The predicted octanol–water partition coefficient (Wildman–Crippen LogP) is 3.96. The smallest absolute Gasteiger partial charge is 0.0934 e. The number of hydrogen-bond acceptors (Lipinski definition) is 4. The fourth-order valence-electron chi connectivity index (χ4n) is 2.32. The molecule has 0 spiro atoms. The molecule has 3 nitrogen and oxygen atoms in total. The number of aromatic nitrogens is 2. The molecule has 0 amide bonds. The van der Waals surface area contributed by atoms with Crippen molar-refractivity contribution < 1.29 is 0 Å². The Morgan fingerprint density at radius 3 is 2.85 bits per heavy atom. The lowest BCUT2D eigenvalue weighted by Gasteiger charge is -2.17. The molecular formula is C15H14BrN3S. The van der Waals surface area contributed by atoms with E-state index in [0.717, 1.165) is 17.5 Å². The third-order valence-corrected chi connectivity index (χ3v) is 5.28. The standard InChI is InChI=1S/C15H14BrN3S/c1-17-13(9-14-11(16)5-8-20-14)10-3-2-4-12-15(10)19-7-6-18-12/h2-8,13,17H,9H2,1H3. The summed E-state index contributed by atoms with van der Waals surface area (Å²) < 4.78 is 1.18. The van der Waals surface area contributed by atoms with Crippen LogP contribution in [-0.4, -0.2) is 17.0 Å². The summed E-state index contributed by atoms with van der Waals surface area (Å²) in [5.41, 5.74) is 3.11. The number of para-hydroxylation sites is 1. The van der Waals surface area contributed by atoms with E-state index in [4.69, 9.17) is 0 Å². The van der Waals surface area contributed by atoms with Crippen molar-refractivity contribution in [1.82, 2.24) is 15.3 Å². The number of nitrogens with zero attached hydrogens (tertiary/aromatic N) is 2. The van der Waals surface area contributed by atoms with Gasteiger partial charge < -0.3 is 5.32 Å². The van der Waals surface area contributed by atoms with Gasteiger partial charge in [0.2, 0.25) is 0 Å². The molecule has 1 N–H and O–H groups in total. The van der Waals surface area contributed by atoms with Crippen LogP contribution in [0.15, 0.2) is 46.5 Å². The second kappa shape index (κ2) is 5.99. The Labute approximate surface area is 130 Å². The Morgan fingerprint density at radius 1 is 1.25 bits per heavy atom. The third-order valence-electron chi connectivity index (χ3n) is 3.33. The molecular weight excluding hydrogens is 334 g/mol. The van der Waals surface area contributed by atoms with Gasteiger partial charge in [0.15, 0.2) is 0 Å². The van der Waals surface area contributed by atoms with Crippen molar-refractivity contribution >= 4 is 38.3 Å². The summed E-state index contributed by atoms with van der Waals surface area (Å²) in [6.45, 7) is 0. The van der Waals surface area contributed by atoms with Crippen LogP contribution < -0.4 is 5.32 Å². The van der Waals surface area contributed by atoms with Crippen molar-refractivity contribution in [2.75, 3.05) is 7.05 Å². The number of halogens is 1. The third kappa shape index (κ3) is 2.61. The molecule has 3 aromatic rings. The van der Waals surface area contributed by atoms with E-state index in [0.29, 0.717) is 0 Å². The van der Waals surface area contributed by atoms with E-state index in [1.807, 2.05) is 19.2 Å². The van der Waals surface area contributed by atoms with Crippen molar-refractivity contribution in [2.24, 2.45) is 0 Å². The van der Waals surface area contributed by atoms with Gasteiger partial charge >= 0.3 is 0 Å². The summed E-state index contributed by atoms with van der Waals surface area (Å²) in [6.07, 6.45) is 4.42. The summed E-state index contributed by atoms with van der Waals surface area (Å²) >= 11 is 5.37. The normalized spacial score (nSPS) is 12.7. The van der Waals surface area contributed by atoms with E-state index >= 15 is 0 Å². The van der Waals surface area contributed by atoms with Gasteiger partial charge in [0.05, 0.1) is 11.0 Å². The molecule has 0 saturated heterocycles. The van der Waals surface area contributed by atoms with Crippen LogP contribution in [0.5, 0.6) is 0 Å². The van der Waals surface area contributed by atoms with Crippen molar-refractivity contribution in [1.29, 1.82) is 0 Å². The number of rotatable bonds is 4. The summed E-state index contributed by atoms with van der Waals surface area (Å²) in [6, 6.07) is 8.49. The summed E-state index contributed by atoms with van der Waals surface area (Å²) in [7, 11) is 1.99. The van der Waals surface area contributed by atoms with Crippen LogP contribution in [0.3, 0.4) is 0 Å². The molecule has 102 valence electrons. The molecule has 1 aromatic carbocycles. The van der Waals surface area contributed by atoms with Gasteiger partial charge in [-0.3, -0.25) is 9.97 Å². The van der Waals surface area contributed by atoms with E-state index in [9.17, 15) is 0 Å². The second-order valence-electron chi connectivity index (χ2n) is 4.51. The van der Waals surface area contributed by atoms with Crippen LogP contribution in [0, 0.1) is 0 Å². The monoisotopic (exact) mass is 347 g/mol. The number of thiophene rings is 1. The molecule has 0 aliphatic carbocycles. The highest BCUT2D eigenvalue weighted by Crippen LogP contribution is 2.30. The minimum absolute atomic E-state index is 0.227. The summed E-state index contributed by atoms with van der Waals surface area (Å²) in [4.78, 5) is 10.2. The lowest BCUT2D eigenvalue weighted by atomic mass is 10.0. The molecule has 2 heterocycles. The molecule has 0 fully saturated rings. The van der Waals surface area contributed by atoms with E-state index in [2.05, 4.69) is 48.7 Å². The van der Waals surface area contributed by atoms with Crippen LogP contribution in [0.1, 0.15) is 16.5 Å². The Balaban J connectivity index is 2.01. The first kappa shape index (κ1) is 13.7. The molecule has 0 bridgehead atoms.